The van der Waals surface area contributed by atoms with Crippen LogP contribution in [0.1, 0.15) is 31.9 Å². The Kier molecular flexibility index (Phi) is 3.48. The maximum Gasteiger partial charge on any atom is 0.384 e. The number of hydrogen-bond donors (Lipinski definition) is 0. The molecule has 5 aromatic rings. The second kappa shape index (κ2) is 5.71. The lowest BCUT2D eigenvalue weighted by atomic mass is 9.81. The molecule has 28 heavy (non-hydrogen) atoms. The van der Waals surface area contributed by atoms with Crippen LogP contribution in [0.3, 0.4) is 0 Å². The fourth-order valence-electron chi connectivity index (χ4n) is 4.25. The summed E-state index contributed by atoms with van der Waals surface area (Å²) in [6.45, 7) is 8.95. The minimum absolute atomic E-state index is 0.0268. The van der Waals surface area contributed by atoms with Crippen LogP contribution in [-0.2, 0) is 12.5 Å². The lowest BCUT2D eigenvalue weighted by molar-refractivity contribution is -0.636. The van der Waals surface area contributed by atoms with Gasteiger partial charge in [-0.05, 0) is 52.4 Å². The molecule has 140 valence electrons. The molecule has 2 aromatic heterocycles. The molecular weight excluding hydrogens is 346 g/mol. The molecule has 5 rings (SSSR count). The van der Waals surface area contributed by atoms with E-state index in [2.05, 4.69) is 75.7 Å². The van der Waals surface area contributed by atoms with Gasteiger partial charge in [0, 0.05) is 0 Å². The van der Waals surface area contributed by atoms with E-state index in [0.29, 0.717) is 5.78 Å². The number of para-hydroxylation sites is 1. The number of aryl methyl sites for hydroxylation is 2. The second-order valence-corrected chi connectivity index (χ2v) is 8.59. The molecule has 2 heterocycles. The first-order valence-electron chi connectivity index (χ1n) is 9.69. The molecule has 0 unspecified atom stereocenters. The minimum Gasteiger partial charge on any atom is -0.420 e. The summed E-state index contributed by atoms with van der Waals surface area (Å²) < 4.78 is 14.4. The van der Waals surface area contributed by atoms with Crippen LogP contribution in [0, 0.1) is 6.92 Å². The predicted octanol–water partition coefficient (Wildman–Crippen LogP) is 6.43. The zero-order valence-electron chi connectivity index (χ0n) is 17.0. The molecule has 0 aliphatic heterocycles. The summed E-state index contributed by atoms with van der Waals surface area (Å²) in [7, 11) is 2.05. The molecular formula is C25H24NO2+. The monoisotopic (exact) mass is 370 g/mol. The van der Waals surface area contributed by atoms with E-state index >= 15 is 0 Å². The molecule has 0 bridgehead atoms. The maximum absolute atomic E-state index is 6.26. The topological polar surface area (TPSA) is 30.2 Å². The fraction of sp³-hybridized carbons (Fsp3) is 0.240. The number of benzene rings is 3. The van der Waals surface area contributed by atoms with Gasteiger partial charge in [0.1, 0.15) is 12.6 Å². The Hall–Kier alpha value is -3.07. The Morgan fingerprint density at radius 2 is 1.46 bits per heavy atom. The molecule has 0 radical (unpaired) electrons. The second-order valence-electron chi connectivity index (χ2n) is 8.59. The average molecular weight is 370 g/mol. The van der Waals surface area contributed by atoms with E-state index in [0.717, 1.165) is 27.9 Å². The third-order valence-electron chi connectivity index (χ3n) is 5.72. The van der Waals surface area contributed by atoms with Crippen LogP contribution in [0.25, 0.3) is 44.5 Å². The number of rotatable bonds is 1. The normalized spacial score (nSPS) is 12.5. The van der Waals surface area contributed by atoms with Crippen LogP contribution in [0.2, 0.25) is 0 Å². The van der Waals surface area contributed by atoms with Gasteiger partial charge in [-0.1, -0.05) is 57.2 Å². The molecule has 0 aliphatic rings. The highest BCUT2D eigenvalue weighted by Gasteiger charge is 2.30. The van der Waals surface area contributed by atoms with E-state index < -0.39 is 0 Å². The molecule has 0 aliphatic carbocycles. The number of hydrogen-bond acceptors (Lipinski definition) is 2. The van der Waals surface area contributed by atoms with Crippen LogP contribution in [0.15, 0.2) is 63.4 Å². The minimum atomic E-state index is 0.0268. The summed E-state index contributed by atoms with van der Waals surface area (Å²) in [5.74, 6) is 1.40. The molecule has 0 fully saturated rings. The first-order valence-corrected chi connectivity index (χ1v) is 9.69. The van der Waals surface area contributed by atoms with Crippen molar-refractivity contribution in [2.45, 2.75) is 33.1 Å². The van der Waals surface area contributed by atoms with Crippen LogP contribution >= 0.6 is 0 Å². The lowest BCUT2D eigenvalue weighted by Crippen LogP contribution is -2.29. The molecule has 0 N–H and O–H groups in total. The van der Waals surface area contributed by atoms with E-state index in [4.69, 9.17) is 8.83 Å². The number of furan rings is 1. The highest BCUT2D eigenvalue weighted by molar-refractivity contribution is 5.99. The molecule has 0 amide bonds. The Bertz CT molecular complexity index is 1360. The van der Waals surface area contributed by atoms with Crippen LogP contribution in [0.4, 0.5) is 0 Å². The van der Waals surface area contributed by atoms with Gasteiger partial charge in [-0.25, -0.2) is 0 Å². The van der Waals surface area contributed by atoms with Gasteiger partial charge in [-0.3, -0.25) is 0 Å². The van der Waals surface area contributed by atoms with Crippen molar-refractivity contribution in [1.29, 1.82) is 0 Å². The molecule has 3 aromatic carbocycles. The van der Waals surface area contributed by atoms with Crippen molar-refractivity contribution >= 4 is 33.0 Å². The summed E-state index contributed by atoms with van der Waals surface area (Å²) in [4.78, 5) is 0. The summed E-state index contributed by atoms with van der Waals surface area (Å²) >= 11 is 0. The van der Waals surface area contributed by atoms with Crippen LogP contribution < -0.4 is 4.57 Å². The number of aromatic nitrogens is 1. The molecule has 3 heteroatoms. The smallest absolute Gasteiger partial charge is 0.384 e. The fourth-order valence-corrected chi connectivity index (χ4v) is 4.25. The van der Waals surface area contributed by atoms with Gasteiger partial charge in [-0.2, -0.15) is 4.57 Å². The average Bonchev–Trinajstić information content (AvgIpc) is 3.18. The van der Waals surface area contributed by atoms with Gasteiger partial charge in [0.25, 0.3) is 0 Å². The van der Waals surface area contributed by atoms with Crippen molar-refractivity contribution in [3.05, 3.63) is 65.7 Å². The molecule has 0 atom stereocenters. The zero-order valence-corrected chi connectivity index (χ0v) is 17.0. The quantitative estimate of drug-likeness (QED) is 0.318. The van der Waals surface area contributed by atoms with E-state index in [1.807, 2.05) is 18.2 Å². The number of oxazole rings is 1. The first kappa shape index (κ1) is 17.1. The Labute approximate surface area is 164 Å². The van der Waals surface area contributed by atoms with Crippen LogP contribution in [-0.4, -0.2) is 0 Å². The third kappa shape index (κ3) is 2.32. The molecule has 0 spiro atoms. The predicted molar refractivity (Wildman–Crippen MR) is 114 cm³/mol. The summed E-state index contributed by atoms with van der Waals surface area (Å²) in [5.41, 5.74) is 5.53. The Balaban J connectivity index is 1.87. The standard InChI is InChI=1S/C25H24NO2/c1-15-16-10-6-7-11-17(16)20(25(2,3)4)14-19(15)23-26(5)22-18-12-8-9-13-21(18)27-24(22)28-23/h6-14H,1-5H3/q+1. The van der Waals surface area contributed by atoms with E-state index in [1.54, 1.807) is 0 Å². The van der Waals surface area contributed by atoms with Gasteiger partial charge in [0.2, 0.25) is 0 Å². The van der Waals surface area contributed by atoms with Gasteiger partial charge in [0.15, 0.2) is 0 Å². The summed E-state index contributed by atoms with van der Waals surface area (Å²) in [5, 5.41) is 3.65. The SMILES string of the molecule is Cc1c(-c2oc3oc4ccccc4c3[n+]2C)cc(C(C)(C)C)c2ccccc12. The van der Waals surface area contributed by atoms with Crippen molar-refractivity contribution in [2.75, 3.05) is 0 Å². The summed E-state index contributed by atoms with van der Waals surface area (Å²) in [6.07, 6.45) is 0. The number of nitrogens with zero attached hydrogens (tertiary/aromatic N) is 1. The first-order chi connectivity index (χ1) is 13.4. The molecule has 0 saturated heterocycles. The van der Waals surface area contributed by atoms with Gasteiger partial charge in [-0.15, -0.1) is 0 Å². The van der Waals surface area contributed by atoms with E-state index in [9.17, 15) is 0 Å². The molecule has 0 saturated carbocycles. The largest absolute Gasteiger partial charge is 0.420 e. The van der Waals surface area contributed by atoms with Crippen LogP contribution in [0.5, 0.6) is 0 Å². The highest BCUT2D eigenvalue weighted by atomic mass is 16.5. The Morgan fingerprint density at radius 1 is 0.821 bits per heavy atom. The third-order valence-corrected chi connectivity index (χ3v) is 5.72. The molecule has 3 nitrogen and oxygen atoms in total. The van der Waals surface area contributed by atoms with E-state index in [-0.39, 0.29) is 5.41 Å². The summed E-state index contributed by atoms with van der Waals surface area (Å²) in [6, 6.07) is 19.0. The number of fused-ring (bicyclic) bond motifs is 4. The zero-order chi connectivity index (χ0) is 19.6. The van der Waals surface area contributed by atoms with Crippen molar-refractivity contribution in [2.24, 2.45) is 7.05 Å². The lowest BCUT2D eigenvalue weighted by Gasteiger charge is -2.23. The Morgan fingerprint density at radius 3 is 2.18 bits per heavy atom. The maximum atomic E-state index is 6.26. The van der Waals surface area contributed by atoms with Crippen molar-refractivity contribution in [3.63, 3.8) is 0 Å². The van der Waals surface area contributed by atoms with Gasteiger partial charge in [0.05, 0.1) is 10.9 Å². The van der Waals surface area contributed by atoms with Crippen molar-refractivity contribution in [1.82, 2.24) is 0 Å². The van der Waals surface area contributed by atoms with Gasteiger partial charge < -0.3 is 8.83 Å². The highest BCUT2D eigenvalue weighted by Crippen LogP contribution is 2.38. The van der Waals surface area contributed by atoms with Gasteiger partial charge >= 0.3 is 17.2 Å². The van der Waals surface area contributed by atoms with E-state index in [1.165, 1.54) is 21.9 Å². The van der Waals surface area contributed by atoms with Crippen molar-refractivity contribution in [3.8, 4) is 11.5 Å². The van der Waals surface area contributed by atoms with Crippen molar-refractivity contribution < 1.29 is 13.4 Å².